The molecule has 31 heavy (non-hydrogen) atoms. The average molecular weight is 413 g/mol. The number of nitrogens with zero attached hydrogens (tertiary/aromatic N) is 4. The van der Waals surface area contributed by atoms with Crippen LogP contribution < -0.4 is 10.2 Å². The molecule has 0 saturated heterocycles. The van der Waals surface area contributed by atoms with Crippen LogP contribution in [0.15, 0.2) is 65.9 Å². The number of para-hydroxylation sites is 2. The number of pyridine rings is 1. The molecule has 156 valence electrons. The molecule has 0 atom stereocenters. The van der Waals surface area contributed by atoms with Crippen molar-refractivity contribution in [3.8, 4) is 17.0 Å². The Morgan fingerprint density at radius 2 is 1.97 bits per heavy atom. The number of carbonyl (C=O) groups is 1. The number of aryl methyl sites for hydroxylation is 2. The number of benzene rings is 2. The third-order valence-electron chi connectivity index (χ3n) is 5.02. The van der Waals surface area contributed by atoms with Gasteiger partial charge in [0.15, 0.2) is 0 Å². The highest BCUT2D eigenvalue weighted by molar-refractivity contribution is 6.07. The second kappa shape index (κ2) is 8.79. The molecule has 2 heterocycles. The number of carbonyl (C=O) groups excluding carboxylic acids is 1. The van der Waals surface area contributed by atoms with Crippen molar-refractivity contribution in [2.24, 2.45) is 5.10 Å². The molecule has 0 fully saturated rings. The number of fused-ring (bicyclic) bond motifs is 1. The molecule has 1 N–H and O–H groups in total. The molecule has 0 bridgehead atoms. The number of hydrogen-bond acceptors (Lipinski definition) is 5. The van der Waals surface area contributed by atoms with E-state index in [0.29, 0.717) is 17.0 Å². The third-order valence-corrected chi connectivity index (χ3v) is 5.02. The largest absolute Gasteiger partial charge is 0.496 e. The molecule has 2 aromatic heterocycles. The van der Waals surface area contributed by atoms with E-state index in [1.54, 1.807) is 19.4 Å². The van der Waals surface area contributed by atoms with Crippen molar-refractivity contribution in [1.82, 2.24) is 20.2 Å². The molecule has 4 rings (SSSR count). The molecular weight excluding hydrogens is 390 g/mol. The highest BCUT2D eigenvalue weighted by Crippen LogP contribution is 2.31. The van der Waals surface area contributed by atoms with Crippen molar-refractivity contribution in [3.05, 3.63) is 77.6 Å². The zero-order chi connectivity index (χ0) is 21.8. The molecule has 0 spiro atoms. The second-order valence-corrected chi connectivity index (χ2v) is 7.00. The number of rotatable bonds is 6. The lowest BCUT2D eigenvalue weighted by Gasteiger charge is -2.11. The first kappa shape index (κ1) is 20.3. The van der Waals surface area contributed by atoms with Crippen LogP contribution in [0.4, 0.5) is 0 Å². The monoisotopic (exact) mass is 413 g/mol. The smallest absolute Gasteiger partial charge is 0.272 e. The molecule has 0 saturated carbocycles. The van der Waals surface area contributed by atoms with E-state index in [4.69, 9.17) is 9.72 Å². The Hall–Kier alpha value is -4.00. The van der Waals surface area contributed by atoms with Gasteiger partial charge in [0.05, 0.1) is 35.8 Å². The summed E-state index contributed by atoms with van der Waals surface area (Å²) in [5.41, 5.74) is 7.03. The quantitative estimate of drug-likeness (QED) is 0.379. The van der Waals surface area contributed by atoms with Crippen LogP contribution in [-0.4, -0.2) is 34.0 Å². The lowest BCUT2D eigenvalue weighted by molar-refractivity contribution is 0.0956. The molecule has 0 radical (unpaired) electrons. The van der Waals surface area contributed by atoms with Gasteiger partial charge in [0.2, 0.25) is 0 Å². The first-order valence-electron chi connectivity index (χ1n) is 10.0. The van der Waals surface area contributed by atoms with Crippen molar-refractivity contribution < 1.29 is 9.53 Å². The van der Waals surface area contributed by atoms with E-state index in [1.165, 1.54) is 0 Å². The minimum Gasteiger partial charge on any atom is -0.496 e. The van der Waals surface area contributed by atoms with Crippen molar-refractivity contribution in [2.45, 2.75) is 20.4 Å². The topological polar surface area (TPSA) is 81.4 Å². The number of hydrogen-bond donors (Lipinski definition) is 1. The first-order valence-corrected chi connectivity index (χ1v) is 10.0. The Labute approximate surface area is 180 Å². The summed E-state index contributed by atoms with van der Waals surface area (Å²) in [6, 6.07) is 16.9. The average Bonchev–Trinajstić information content (AvgIpc) is 3.17. The minimum absolute atomic E-state index is 0.313. The zero-order valence-corrected chi connectivity index (χ0v) is 17.7. The van der Waals surface area contributed by atoms with E-state index in [1.807, 2.05) is 73.3 Å². The van der Waals surface area contributed by atoms with Gasteiger partial charge in [-0.2, -0.15) is 10.2 Å². The van der Waals surface area contributed by atoms with Gasteiger partial charge >= 0.3 is 0 Å². The van der Waals surface area contributed by atoms with E-state index in [-0.39, 0.29) is 5.91 Å². The zero-order valence-electron chi connectivity index (χ0n) is 17.7. The van der Waals surface area contributed by atoms with Gasteiger partial charge in [-0.15, -0.1) is 0 Å². The first-order chi connectivity index (χ1) is 15.1. The molecule has 1 amide bonds. The summed E-state index contributed by atoms with van der Waals surface area (Å²) in [5.74, 6) is 0.379. The molecule has 7 nitrogen and oxygen atoms in total. The van der Waals surface area contributed by atoms with E-state index in [9.17, 15) is 4.79 Å². The van der Waals surface area contributed by atoms with Crippen molar-refractivity contribution in [3.63, 3.8) is 0 Å². The highest BCUT2D eigenvalue weighted by Gasteiger charge is 2.15. The van der Waals surface area contributed by atoms with E-state index >= 15 is 0 Å². The maximum atomic E-state index is 13.0. The Bertz CT molecular complexity index is 1280. The van der Waals surface area contributed by atoms with Crippen molar-refractivity contribution in [2.75, 3.05) is 7.11 Å². The van der Waals surface area contributed by atoms with E-state index < -0.39 is 0 Å². The van der Waals surface area contributed by atoms with Crippen LogP contribution >= 0.6 is 0 Å². The number of ether oxygens (including phenoxy) is 1. The molecule has 0 aliphatic carbocycles. The van der Waals surface area contributed by atoms with Gasteiger partial charge in [0.1, 0.15) is 5.75 Å². The lowest BCUT2D eigenvalue weighted by Crippen LogP contribution is -2.18. The summed E-state index contributed by atoms with van der Waals surface area (Å²) in [5, 5.41) is 9.28. The van der Waals surface area contributed by atoms with Crippen LogP contribution in [0, 0.1) is 6.92 Å². The van der Waals surface area contributed by atoms with Gasteiger partial charge in [-0.3, -0.25) is 9.48 Å². The molecular formula is C24H23N5O2. The Kier molecular flexibility index (Phi) is 5.75. The van der Waals surface area contributed by atoms with Gasteiger partial charge in [-0.05, 0) is 38.1 Å². The van der Waals surface area contributed by atoms with Crippen LogP contribution in [0.5, 0.6) is 5.75 Å². The fourth-order valence-corrected chi connectivity index (χ4v) is 3.40. The van der Waals surface area contributed by atoms with Crippen LogP contribution in [0.2, 0.25) is 0 Å². The predicted octanol–water partition coefficient (Wildman–Crippen LogP) is 4.20. The third kappa shape index (κ3) is 4.16. The maximum absolute atomic E-state index is 13.0. The van der Waals surface area contributed by atoms with Gasteiger partial charge in [-0.1, -0.05) is 30.3 Å². The van der Waals surface area contributed by atoms with E-state index in [2.05, 4.69) is 15.6 Å². The fraction of sp³-hybridized carbons (Fsp3) is 0.167. The lowest BCUT2D eigenvalue weighted by atomic mass is 10.0. The Balaban J connectivity index is 1.69. The molecule has 4 aromatic rings. The second-order valence-electron chi connectivity index (χ2n) is 7.00. The normalized spacial score (nSPS) is 11.2. The number of methoxy groups -OCH3 is 1. The van der Waals surface area contributed by atoms with Crippen molar-refractivity contribution in [1.29, 1.82) is 0 Å². The Morgan fingerprint density at radius 1 is 1.19 bits per heavy atom. The molecule has 2 aromatic carbocycles. The summed E-state index contributed by atoms with van der Waals surface area (Å²) < 4.78 is 7.30. The minimum atomic E-state index is -0.313. The summed E-state index contributed by atoms with van der Waals surface area (Å²) in [7, 11) is 1.62. The molecule has 7 heteroatoms. The molecule has 0 unspecified atom stereocenters. The van der Waals surface area contributed by atoms with Gasteiger partial charge in [0, 0.05) is 29.3 Å². The highest BCUT2D eigenvalue weighted by atomic mass is 16.5. The summed E-state index contributed by atoms with van der Waals surface area (Å²) >= 11 is 0. The number of nitrogens with one attached hydrogen (secondary N) is 1. The predicted molar refractivity (Wildman–Crippen MR) is 121 cm³/mol. The van der Waals surface area contributed by atoms with Crippen LogP contribution in [0.3, 0.4) is 0 Å². The SMILES string of the molecule is CCn1cc(C=NNC(=O)c2cc(-c3ccccc3OC)nc3ccccc23)c(C)n1. The number of amides is 1. The van der Waals surface area contributed by atoms with Crippen LogP contribution in [-0.2, 0) is 6.54 Å². The van der Waals surface area contributed by atoms with Gasteiger partial charge < -0.3 is 4.74 Å². The number of hydrazone groups is 1. The molecule has 0 aliphatic rings. The summed E-state index contributed by atoms with van der Waals surface area (Å²) in [6.45, 7) is 4.70. The summed E-state index contributed by atoms with van der Waals surface area (Å²) in [6.07, 6.45) is 3.50. The van der Waals surface area contributed by atoms with Crippen LogP contribution in [0.1, 0.15) is 28.5 Å². The van der Waals surface area contributed by atoms with Gasteiger partial charge in [-0.25, -0.2) is 10.4 Å². The standard InChI is InChI=1S/C24H23N5O2/c1-4-29-15-17(16(2)28-29)14-25-27-24(30)20-13-22(19-10-6-8-12-23(19)31-3)26-21-11-7-5-9-18(20)21/h5-15H,4H2,1-3H3,(H,27,30). The molecule has 0 aliphatic heterocycles. The Morgan fingerprint density at radius 3 is 2.74 bits per heavy atom. The van der Waals surface area contributed by atoms with E-state index in [0.717, 1.165) is 34.3 Å². The van der Waals surface area contributed by atoms with Gasteiger partial charge in [0.25, 0.3) is 5.91 Å². The van der Waals surface area contributed by atoms with Crippen molar-refractivity contribution >= 4 is 23.0 Å². The van der Waals surface area contributed by atoms with Crippen LogP contribution in [0.25, 0.3) is 22.2 Å². The fourth-order valence-electron chi connectivity index (χ4n) is 3.40. The maximum Gasteiger partial charge on any atom is 0.272 e. The number of aromatic nitrogens is 3. The summed E-state index contributed by atoms with van der Waals surface area (Å²) in [4.78, 5) is 17.8.